The molecule has 0 radical (unpaired) electrons. The highest BCUT2D eigenvalue weighted by molar-refractivity contribution is 7.55. The van der Waals surface area contributed by atoms with Crippen LogP contribution in [-0.2, 0) is 17.4 Å². The molecule has 0 saturated carbocycles. The third-order valence-electron chi connectivity index (χ3n) is 4.80. The zero-order chi connectivity index (χ0) is 20.6. The molecule has 1 N–H and O–H groups in total. The van der Waals surface area contributed by atoms with Crippen molar-refractivity contribution in [2.24, 2.45) is 0 Å². The van der Waals surface area contributed by atoms with Gasteiger partial charge in [-0.2, -0.15) is 0 Å². The SMILES string of the molecule is Cc1ccc(Pc2cc(C(C)(C)C)cc(C(C)(C)C)c2O)c(CN(C)C)c1. The van der Waals surface area contributed by atoms with Crippen molar-refractivity contribution in [3.05, 3.63) is 52.6 Å². The van der Waals surface area contributed by atoms with Crippen molar-refractivity contribution in [3.63, 3.8) is 0 Å². The molecule has 0 spiro atoms. The lowest BCUT2D eigenvalue weighted by atomic mass is 9.80. The van der Waals surface area contributed by atoms with Crippen LogP contribution in [0.15, 0.2) is 30.3 Å². The van der Waals surface area contributed by atoms with Crippen LogP contribution >= 0.6 is 8.58 Å². The third-order valence-corrected chi connectivity index (χ3v) is 6.21. The fraction of sp³-hybridized carbons (Fsp3) is 0.500. The molecule has 0 saturated heterocycles. The van der Waals surface area contributed by atoms with Gasteiger partial charge in [0.15, 0.2) is 0 Å². The minimum atomic E-state index is -0.0929. The topological polar surface area (TPSA) is 23.5 Å². The van der Waals surface area contributed by atoms with E-state index in [0.717, 1.165) is 17.4 Å². The summed E-state index contributed by atoms with van der Waals surface area (Å²) in [6, 6.07) is 11.1. The lowest BCUT2D eigenvalue weighted by Gasteiger charge is -2.28. The van der Waals surface area contributed by atoms with E-state index in [0.29, 0.717) is 14.3 Å². The molecular formula is C24H36NOP. The second kappa shape index (κ2) is 7.94. The average molecular weight is 386 g/mol. The van der Waals surface area contributed by atoms with Crippen molar-refractivity contribution >= 4 is 19.2 Å². The number of hydrogen-bond acceptors (Lipinski definition) is 2. The monoisotopic (exact) mass is 385 g/mol. The quantitative estimate of drug-likeness (QED) is 0.750. The first kappa shape index (κ1) is 21.9. The molecule has 0 aliphatic rings. The number of rotatable bonds is 4. The largest absolute Gasteiger partial charge is 0.507 e. The molecule has 0 bridgehead atoms. The van der Waals surface area contributed by atoms with Crippen LogP contribution in [0.5, 0.6) is 5.75 Å². The number of nitrogens with zero attached hydrogens (tertiary/aromatic N) is 1. The zero-order valence-corrected chi connectivity index (χ0v) is 19.5. The van der Waals surface area contributed by atoms with E-state index in [2.05, 4.69) is 97.8 Å². The number of aryl methyl sites for hydroxylation is 1. The van der Waals surface area contributed by atoms with Gasteiger partial charge in [-0.1, -0.05) is 80.0 Å². The Morgan fingerprint density at radius 2 is 1.52 bits per heavy atom. The molecule has 3 heteroatoms. The standard InChI is InChI=1S/C24H36NOP/c1-16-10-11-20(17(12-16)15-25(8)9)27-21-14-18(23(2,3)4)13-19(22(21)26)24(5,6)7/h10-14,26-27H,15H2,1-9H3. The summed E-state index contributed by atoms with van der Waals surface area (Å²) in [6.07, 6.45) is 0. The average Bonchev–Trinajstić information content (AvgIpc) is 2.48. The Balaban J connectivity index is 2.59. The van der Waals surface area contributed by atoms with Crippen molar-refractivity contribution in [1.29, 1.82) is 0 Å². The van der Waals surface area contributed by atoms with Crippen LogP contribution in [0.4, 0.5) is 0 Å². The van der Waals surface area contributed by atoms with Crippen LogP contribution in [0.1, 0.15) is 63.8 Å². The van der Waals surface area contributed by atoms with Gasteiger partial charge in [0.2, 0.25) is 0 Å². The molecule has 2 aromatic rings. The Hall–Kier alpha value is -1.37. The van der Waals surface area contributed by atoms with Gasteiger partial charge in [-0.05, 0) is 54.3 Å². The number of benzene rings is 2. The predicted octanol–water partition coefficient (Wildman–Crippen LogP) is 4.99. The molecule has 2 nitrogen and oxygen atoms in total. The molecule has 0 heterocycles. The zero-order valence-electron chi connectivity index (χ0n) is 18.5. The Morgan fingerprint density at radius 3 is 2.04 bits per heavy atom. The van der Waals surface area contributed by atoms with Gasteiger partial charge in [-0.15, -0.1) is 0 Å². The molecular weight excluding hydrogens is 349 g/mol. The summed E-state index contributed by atoms with van der Waals surface area (Å²) < 4.78 is 0. The van der Waals surface area contributed by atoms with Crippen molar-refractivity contribution in [1.82, 2.24) is 4.90 Å². The first-order chi connectivity index (χ1) is 12.3. The Labute approximate surface area is 167 Å². The van der Waals surface area contributed by atoms with Crippen LogP contribution in [0, 0.1) is 6.92 Å². The summed E-state index contributed by atoms with van der Waals surface area (Å²) in [5.74, 6) is 0.463. The number of phenolic OH excluding ortho intramolecular Hbond substituents is 1. The van der Waals surface area contributed by atoms with Gasteiger partial charge in [0.25, 0.3) is 0 Å². The summed E-state index contributed by atoms with van der Waals surface area (Å²) in [5.41, 5.74) is 4.91. The van der Waals surface area contributed by atoms with Crippen LogP contribution in [0.3, 0.4) is 0 Å². The van der Waals surface area contributed by atoms with Gasteiger partial charge in [0, 0.05) is 17.4 Å². The van der Waals surface area contributed by atoms with Crippen molar-refractivity contribution in [3.8, 4) is 5.75 Å². The second-order valence-corrected chi connectivity index (χ2v) is 11.3. The molecule has 1 atom stereocenters. The lowest BCUT2D eigenvalue weighted by molar-refractivity contribution is 0.403. The maximum Gasteiger partial charge on any atom is 0.127 e. The van der Waals surface area contributed by atoms with E-state index in [1.807, 2.05) is 0 Å². The van der Waals surface area contributed by atoms with Gasteiger partial charge in [-0.25, -0.2) is 0 Å². The van der Waals surface area contributed by atoms with Gasteiger partial charge in [0.05, 0.1) is 0 Å². The van der Waals surface area contributed by atoms with Crippen LogP contribution in [0.25, 0.3) is 0 Å². The van der Waals surface area contributed by atoms with E-state index < -0.39 is 0 Å². The normalized spacial score (nSPS) is 13.1. The summed E-state index contributed by atoms with van der Waals surface area (Å²) >= 11 is 0. The first-order valence-corrected chi connectivity index (χ1v) is 10.7. The highest BCUT2D eigenvalue weighted by Crippen LogP contribution is 2.36. The van der Waals surface area contributed by atoms with Crippen molar-refractivity contribution in [2.75, 3.05) is 14.1 Å². The Bertz CT molecular complexity index is 810. The van der Waals surface area contributed by atoms with E-state index in [1.54, 1.807) is 0 Å². The highest BCUT2D eigenvalue weighted by atomic mass is 31.1. The minimum absolute atomic E-state index is 0.0483. The number of aromatic hydroxyl groups is 1. The lowest BCUT2D eigenvalue weighted by Crippen LogP contribution is -2.22. The Morgan fingerprint density at radius 1 is 0.889 bits per heavy atom. The van der Waals surface area contributed by atoms with E-state index in [4.69, 9.17) is 0 Å². The maximum atomic E-state index is 11.1. The van der Waals surface area contributed by atoms with E-state index in [9.17, 15) is 5.11 Å². The minimum Gasteiger partial charge on any atom is -0.507 e. The molecule has 2 aromatic carbocycles. The Kier molecular flexibility index (Phi) is 6.44. The van der Waals surface area contributed by atoms with Crippen LogP contribution in [0.2, 0.25) is 0 Å². The fourth-order valence-corrected chi connectivity index (χ4v) is 4.44. The molecule has 27 heavy (non-hydrogen) atoms. The van der Waals surface area contributed by atoms with Crippen molar-refractivity contribution in [2.45, 2.75) is 65.8 Å². The molecule has 1 unspecified atom stereocenters. The molecule has 148 valence electrons. The van der Waals surface area contributed by atoms with E-state index in [1.165, 1.54) is 22.0 Å². The van der Waals surface area contributed by atoms with Crippen LogP contribution < -0.4 is 10.6 Å². The predicted molar refractivity (Wildman–Crippen MR) is 122 cm³/mol. The smallest absolute Gasteiger partial charge is 0.127 e. The molecule has 0 aliphatic heterocycles. The number of phenols is 1. The molecule has 0 aliphatic carbocycles. The summed E-state index contributed by atoms with van der Waals surface area (Å²) in [4.78, 5) is 2.20. The summed E-state index contributed by atoms with van der Waals surface area (Å²) in [7, 11) is 4.65. The van der Waals surface area contributed by atoms with Gasteiger partial charge in [0.1, 0.15) is 5.75 Å². The molecule has 2 rings (SSSR count). The maximum absolute atomic E-state index is 11.1. The van der Waals surface area contributed by atoms with Gasteiger partial charge in [-0.3, -0.25) is 0 Å². The second-order valence-electron chi connectivity index (χ2n) is 9.94. The summed E-state index contributed by atoms with van der Waals surface area (Å²) in [6.45, 7) is 16.3. The fourth-order valence-electron chi connectivity index (χ4n) is 3.20. The highest BCUT2D eigenvalue weighted by Gasteiger charge is 2.25. The first-order valence-electron chi connectivity index (χ1n) is 9.68. The van der Waals surface area contributed by atoms with E-state index >= 15 is 0 Å². The third kappa shape index (κ3) is 5.56. The van der Waals surface area contributed by atoms with Crippen LogP contribution in [-0.4, -0.2) is 24.1 Å². The molecule has 0 aromatic heterocycles. The summed E-state index contributed by atoms with van der Waals surface area (Å²) in [5, 5.41) is 13.5. The van der Waals surface area contributed by atoms with Crippen molar-refractivity contribution < 1.29 is 5.11 Å². The van der Waals surface area contributed by atoms with Gasteiger partial charge < -0.3 is 10.0 Å². The molecule has 0 amide bonds. The van der Waals surface area contributed by atoms with Gasteiger partial charge >= 0.3 is 0 Å². The van der Waals surface area contributed by atoms with E-state index in [-0.39, 0.29) is 10.8 Å². The number of hydrogen-bond donors (Lipinski definition) is 1. The molecule has 0 fully saturated rings.